The van der Waals surface area contributed by atoms with Crippen LogP contribution in [0.3, 0.4) is 0 Å². The van der Waals surface area contributed by atoms with E-state index in [4.69, 9.17) is 23.7 Å². The minimum Gasteiger partial charge on any atom is -0.497 e. The van der Waals surface area contributed by atoms with Crippen LogP contribution in [-0.2, 0) is 19.0 Å². The molecule has 5 aliphatic rings. The molecule has 1 aliphatic carbocycles. The molecule has 6 rings (SSSR count). The summed E-state index contributed by atoms with van der Waals surface area (Å²) < 4.78 is 29.8. The molecule has 2 fully saturated rings. The molecule has 4 aliphatic heterocycles. The van der Waals surface area contributed by atoms with Crippen molar-refractivity contribution in [2.24, 2.45) is 0 Å². The Morgan fingerprint density at radius 3 is 2.54 bits per heavy atom. The van der Waals surface area contributed by atoms with Crippen LogP contribution >= 0.6 is 0 Å². The molecule has 8 heteroatoms. The topological polar surface area (TPSA) is 86.7 Å². The third-order valence-electron chi connectivity index (χ3n) is 8.61. The van der Waals surface area contributed by atoms with Crippen LogP contribution in [0.15, 0.2) is 24.0 Å². The lowest BCUT2D eigenvalue weighted by Crippen LogP contribution is -2.52. The molecule has 190 valence electrons. The van der Waals surface area contributed by atoms with Crippen molar-refractivity contribution in [3.63, 3.8) is 0 Å². The van der Waals surface area contributed by atoms with Gasteiger partial charge in [0.1, 0.15) is 5.76 Å². The quantitative estimate of drug-likeness (QED) is 0.651. The smallest absolute Gasteiger partial charge is 0.338 e. The van der Waals surface area contributed by atoms with E-state index in [2.05, 4.69) is 11.0 Å². The van der Waals surface area contributed by atoms with E-state index in [0.717, 1.165) is 43.4 Å². The summed E-state index contributed by atoms with van der Waals surface area (Å²) in [6, 6.07) is 3.85. The van der Waals surface area contributed by atoms with Gasteiger partial charge in [0, 0.05) is 6.54 Å². The second-order valence-electron chi connectivity index (χ2n) is 11.4. The number of carbonyl (C=O) groups excluding carboxylic acids is 1. The number of benzene rings is 1. The van der Waals surface area contributed by atoms with Crippen LogP contribution in [0.4, 0.5) is 0 Å². The van der Waals surface area contributed by atoms with E-state index in [-0.39, 0.29) is 24.3 Å². The van der Waals surface area contributed by atoms with E-state index in [1.165, 1.54) is 0 Å². The monoisotopic (exact) mass is 485 g/mol. The number of nitrogens with zero attached hydrogens (tertiary/aromatic N) is 1. The number of aliphatic hydroxyl groups is 1. The molecule has 1 N–H and O–H groups in total. The van der Waals surface area contributed by atoms with Gasteiger partial charge in [-0.2, -0.15) is 0 Å². The summed E-state index contributed by atoms with van der Waals surface area (Å²) in [5, 5.41) is 11.2. The molecule has 1 aromatic rings. The highest BCUT2D eigenvalue weighted by Crippen LogP contribution is 2.57. The Morgan fingerprint density at radius 2 is 1.83 bits per heavy atom. The van der Waals surface area contributed by atoms with Crippen molar-refractivity contribution in [1.29, 1.82) is 0 Å². The predicted molar refractivity (Wildman–Crippen MR) is 126 cm³/mol. The Morgan fingerprint density at radius 1 is 1.09 bits per heavy atom. The second kappa shape index (κ2) is 7.85. The molecule has 8 nitrogen and oxygen atoms in total. The van der Waals surface area contributed by atoms with Gasteiger partial charge < -0.3 is 28.8 Å². The van der Waals surface area contributed by atoms with E-state index in [1.54, 1.807) is 7.11 Å². The molecular weight excluding hydrogens is 450 g/mol. The normalized spacial score (nSPS) is 37.1. The summed E-state index contributed by atoms with van der Waals surface area (Å²) in [5.74, 6) is 1.32. The maximum Gasteiger partial charge on any atom is 0.338 e. The molecule has 35 heavy (non-hydrogen) atoms. The van der Waals surface area contributed by atoms with E-state index < -0.39 is 23.3 Å². The highest BCUT2D eigenvalue weighted by atomic mass is 16.7. The zero-order chi connectivity index (χ0) is 24.6. The zero-order valence-electron chi connectivity index (χ0n) is 21.0. The number of methoxy groups -OCH3 is 1. The Bertz CT molecular complexity index is 1080. The highest BCUT2D eigenvalue weighted by Gasteiger charge is 2.60. The van der Waals surface area contributed by atoms with Gasteiger partial charge in [0.15, 0.2) is 23.2 Å². The zero-order valence-corrected chi connectivity index (χ0v) is 21.0. The third-order valence-corrected chi connectivity index (χ3v) is 8.61. The van der Waals surface area contributed by atoms with Crippen molar-refractivity contribution < 1.29 is 33.6 Å². The number of ether oxygens (including phenoxy) is 5. The number of rotatable bonds is 3. The van der Waals surface area contributed by atoms with Gasteiger partial charge in [-0.15, -0.1) is 0 Å². The van der Waals surface area contributed by atoms with Gasteiger partial charge in [0.25, 0.3) is 0 Å². The fourth-order valence-electron chi connectivity index (χ4n) is 7.06. The van der Waals surface area contributed by atoms with E-state index >= 15 is 0 Å². The molecule has 0 amide bonds. The van der Waals surface area contributed by atoms with Crippen LogP contribution in [0.1, 0.15) is 76.0 Å². The summed E-state index contributed by atoms with van der Waals surface area (Å²) in [7, 11) is 1.63. The van der Waals surface area contributed by atoms with Gasteiger partial charge in [-0.3, -0.25) is 4.90 Å². The number of fused-ring (bicyclic) bond motifs is 3. The van der Waals surface area contributed by atoms with Crippen molar-refractivity contribution in [3.8, 4) is 11.5 Å². The average molecular weight is 486 g/mol. The molecule has 1 aromatic carbocycles. The first-order chi connectivity index (χ1) is 16.7. The van der Waals surface area contributed by atoms with Gasteiger partial charge in [0.2, 0.25) is 6.79 Å². The van der Waals surface area contributed by atoms with Crippen molar-refractivity contribution >= 4 is 5.97 Å². The molecule has 0 radical (unpaired) electrons. The summed E-state index contributed by atoms with van der Waals surface area (Å²) in [6.45, 7) is 7.38. The van der Waals surface area contributed by atoms with Gasteiger partial charge in [0.05, 0.1) is 30.3 Å². The number of carbonyl (C=O) groups is 1. The maximum absolute atomic E-state index is 13.7. The molecule has 5 atom stereocenters. The average Bonchev–Trinajstić information content (AvgIpc) is 3.48. The lowest BCUT2D eigenvalue weighted by atomic mass is 9.77. The van der Waals surface area contributed by atoms with Gasteiger partial charge in [-0.1, -0.05) is 0 Å². The van der Waals surface area contributed by atoms with E-state index in [9.17, 15) is 9.90 Å². The van der Waals surface area contributed by atoms with Crippen LogP contribution in [0.25, 0.3) is 0 Å². The summed E-state index contributed by atoms with van der Waals surface area (Å²) in [6.07, 6.45) is 5.11. The summed E-state index contributed by atoms with van der Waals surface area (Å²) in [5.41, 5.74) is -0.108. The van der Waals surface area contributed by atoms with Crippen LogP contribution in [0, 0.1) is 0 Å². The fraction of sp³-hybridized carbons (Fsp3) is 0.667. The second-order valence-corrected chi connectivity index (χ2v) is 11.4. The lowest BCUT2D eigenvalue weighted by molar-refractivity contribution is -0.207. The van der Waals surface area contributed by atoms with Gasteiger partial charge >= 0.3 is 5.97 Å². The molecule has 1 unspecified atom stereocenters. The maximum atomic E-state index is 13.7. The Hall–Kier alpha value is -2.29. The van der Waals surface area contributed by atoms with Crippen LogP contribution < -0.4 is 9.47 Å². The van der Waals surface area contributed by atoms with Crippen molar-refractivity contribution in [3.05, 3.63) is 35.1 Å². The first-order valence-electron chi connectivity index (χ1n) is 12.7. The number of β-amino-alcohol motifs (C(OH)–C–C–N with tert-alkyl or cyclic N) is 1. The van der Waals surface area contributed by atoms with E-state index in [1.807, 2.05) is 32.9 Å². The number of hydrogen-bond donors (Lipinski definition) is 1. The van der Waals surface area contributed by atoms with Gasteiger partial charge in [-0.25, -0.2) is 4.79 Å². The largest absolute Gasteiger partial charge is 0.497 e. The highest BCUT2D eigenvalue weighted by molar-refractivity contribution is 5.80. The first kappa shape index (κ1) is 23.1. The molecular formula is C27H35NO7. The molecule has 0 aromatic heterocycles. The summed E-state index contributed by atoms with van der Waals surface area (Å²) in [4.78, 5) is 16.0. The van der Waals surface area contributed by atoms with Crippen molar-refractivity contribution in [2.75, 3.05) is 27.0 Å². The first-order valence-corrected chi connectivity index (χ1v) is 12.7. The number of esters is 1. The minimum atomic E-state index is -1.02. The van der Waals surface area contributed by atoms with Crippen LogP contribution in [0.5, 0.6) is 11.5 Å². The predicted octanol–water partition coefficient (Wildman–Crippen LogP) is 3.57. The molecule has 0 saturated carbocycles. The van der Waals surface area contributed by atoms with Crippen molar-refractivity contribution in [1.82, 2.24) is 4.90 Å². The van der Waals surface area contributed by atoms with Crippen LogP contribution in [-0.4, -0.2) is 65.8 Å². The van der Waals surface area contributed by atoms with E-state index in [0.29, 0.717) is 30.2 Å². The number of aliphatic hydroxyl groups excluding tert-OH is 1. The SMILES string of the molecule is COC1=C[C@]23CCCN2C[C@H](O)c2cc4c(cc2[C@@H]3C1OC(=O)[C@]1(C)CCCC(C)(C)O1)OCO4. The van der Waals surface area contributed by atoms with Crippen LogP contribution in [0.2, 0.25) is 0 Å². The van der Waals surface area contributed by atoms with Gasteiger partial charge in [-0.05, 0) is 88.8 Å². The Kier molecular flexibility index (Phi) is 5.19. The molecule has 0 bridgehead atoms. The van der Waals surface area contributed by atoms with Crippen molar-refractivity contribution in [2.45, 2.75) is 87.7 Å². The molecule has 4 heterocycles. The summed E-state index contributed by atoms with van der Waals surface area (Å²) >= 11 is 0. The Balaban J connectivity index is 1.43. The lowest BCUT2D eigenvalue weighted by Gasteiger charge is -2.43. The fourth-order valence-corrected chi connectivity index (χ4v) is 7.06. The molecule has 1 spiro atoms. The molecule has 2 saturated heterocycles. The third kappa shape index (κ3) is 3.48. The Labute approximate surface area is 206 Å². The standard InChI is InChI=1S/C27H35NO7/c1-25(2)7-5-8-26(3,35-25)24(30)34-23-21(31-4)13-27-9-6-10-28(27)14-18(29)16-11-19-20(33-15-32-19)12-17(16)22(23)27/h11-13,18,22-23,29H,5-10,14-15H2,1-4H3/t18-,22+,23?,26-,27-/m0/s1. The minimum absolute atomic E-state index is 0.154. The number of hydrogen-bond acceptors (Lipinski definition) is 8.